The minimum atomic E-state index is -3.68. The van der Waals surface area contributed by atoms with Gasteiger partial charge in [-0.3, -0.25) is 4.57 Å². The Bertz CT molecular complexity index is 839. The lowest BCUT2D eigenvalue weighted by atomic mass is 10.1. The molecule has 0 aliphatic carbocycles. The van der Waals surface area contributed by atoms with Crippen molar-refractivity contribution >= 4 is 5.82 Å². The van der Waals surface area contributed by atoms with E-state index in [1.54, 1.807) is 19.9 Å². The molecule has 1 saturated heterocycles. The van der Waals surface area contributed by atoms with Crippen LogP contribution >= 0.6 is 0 Å². The molecule has 0 amide bonds. The predicted octanol–water partition coefficient (Wildman–Crippen LogP) is 0.366. The summed E-state index contributed by atoms with van der Waals surface area (Å²) in [7, 11) is 0. The van der Waals surface area contributed by atoms with Crippen LogP contribution in [0.3, 0.4) is 0 Å². The number of rotatable bonds is 5. The van der Waals surface area contributed by atoms with E-state index in [-0.39, 0.29) is 18.4 Å². The van der Waals surface area contributed by atoms with Crippen LogP contribution in [0.4, 0.5) is 14.6 Å². The molecule has 3 rings (SSSR count). The summed E-state index contributed by atoms with van der Waals surface area (Å²) in [4.78, 5) is 15.2. The fraction of sp³-hybridized carbons (Fsp3) is 0.533. The van der Waals surface area contributed by atoms with E-state index in [2.05, 4.69) is 15.5 Å². The molecule has 0 radical (unpaired) electrons. The highest BCUT2D eigenvalue weighted by Gasteiger charge is 2.59. The van der Waals surface area contributed by atoms with Gasteiger partial charge in [0, 0.05) is 18.8 Å². The van der Waals surface area contributed by atoms with Crippen molar-refractivity contribution in [3.05, 3.63) is 40.3 Å². The Morgan fingerprint density at radius 1 is 1.54 bits per heavy atom. The number of nitrogen functional groups attached to an aromatic ring is 1. The second-order valence-electron chi connectivity index (χ2n) is 6.19. The van der Waals surface area contributed by atoms with Crippen molar-refractivity contribution in [3.8, 4) is 0 Å². The van der Waals surface area contributed by atoms with E-state index in [1.807, 2.05) is 0 Å². The van der Waals surface area contributed by atoms with Crippen molar-refractivity contribution in [2.45, 2.75) is 44.2 Å². The highest BCUT2D eigenvalue weighted by molar-refractivity contribution is 5.23. The molecule has 0 aromatic carbocycles. The van der Waals surface area contributed by atoms with Gasteiger partial charge in [0.15, 0.2) is 5.76 Å². The standard InChI is InChI=1S/C15H19F2N5O4/c1-7-5-9(26-21-7)8(2)19-6-10-12(23)15(16,17)13(25-10)22-4-3-11(18)20-14(22)24/h3-5,8,10,12-13,19,23H,6H2,1-2H3,(H2,18,20,24)/t8?,10-,12-,13-/m1/s1. The van der Waals surface area contributed by atoms with Crippen LogP contribution in [0.5, 0.6) is 0 Å². The SMILES string of the molecule is Cc1cc(C(C)NC[C@H]2O[C@@H](n3ccc(N)nc3=O)C(F)(F)[C@@H]2O)on1. The molecule has 11 heteroatoms. The van der Waals surface area contributed by atoms with E-state index < -0.39 is 30.0 Å². The summed E-state index contributed by atoms with van der Waals surface area (Å²) < 4.78 is 39.8. The molecule has 9 nitrogen and oxygen atoms in total. The summed E-state index contributed by atoms with van der Waals surface area (Å²) >= 11 is 0. The Balaban J connectivity index is 1.73. The van der Waals surface area contributed by atoms with Crippen LogP contribution < -0.4 is 16.7 Å². The molecule has 1 aliphatic rings. The van der Waals surface area contributed by atoms with Crippen LogP contribution in [0, 0.1) is 6.92 Å². The number of hydrogen-bond donors (Lipinski definition) is 3. The molecular formula is C15H19F2N5O4. The first-order valence-electron chi connectivity index (χ1n) is 7.92. The summed E-state index contributed by atoms with van der Waals surface area (Å²) in [6, 6.07) is 2.58. The van der Waals surface area contributed by atoms with Crippen LogP contribution in [0.25, 0.3) is 0 Å². The van der Waals surface area contributed by atoms with E-state index in [1.165, 1.54) is 6.07 Å². The predicted molar refractivity (Wildman–Crippen MR) is 85.4 cm³/mol. The van der Waals surface area contributed by atoms with E-state index in [0.717, 1.165) is 6.20 Å². The molecule has 1 fully saturated rings. The van der Waals surface area contributed by atoms with E-state index >= 15 is 0 Å². The molecule has 2 aromatic rings. The Hall–Kier alpha value is -2.37. The second-order valence-corrected chi connectivity index (χ2v) is 6.19. The molecule has 4 N–H and O–H groups in total. The van der Waals surface area contributed by atoms with Gasteiger partial charge in [0.05, 0.1) is 11.7 Å². The fourth-order valence-electron chi connectivity index (χ4n) is 2.72. The lowest BCUT2D eigenvalue weighted by Gasteiger charge is -2.20. The molecule has 0 bridgehead atoms. The molecular weight excluding hydrogens is 352 g/mol. The van der Waals surface area contributed by atoms with E-state index in [4.69, 9.17) is 15.0 Å². The molecule has 2 aromatic heterocycles. The third kappa shape index (κ3) is 3.32. The van der Waals surface area contributed by atoms with Crippen LogP contribution in [0.15, 0.2) is 27.6 Å². The topological polar surface area (TPSA) is 128 Å². The molecule has 26 heavy (non-hydrogen) atoms. The Morgan fingerprint density at radius 2 is 2.27 bits per heavy atom. The maximum atomic E-state index is 14.4. The van der Waals surface area contributed by atoms with Gasteiger partial charge in [0.1, 0.15) is 18.0 Å². The zero-order valence-corrected chi connectivity index (χ0v) is 14.1. The van der Waals surface area contributed by atoms with Crippen molar-refractivity contribution in [1.82, 2.24) is 20.0 Å². The first-order chi connectivity index (χ1) is 12.2. The number of aryl methyl sites for hydroxylation is 1. The van der Waals surface area contributed by atoms with Crippen molar-refractivity contribution in [2.75, 3.05) is 12.3 Å². The zero-order chi connectivity index (χ0) is 19.1. The van der Waals surface area contributed by atoms with Crippen molar-refractivity contribution in [3.63, 3.8) is 0 Å². The van der Waals surface area contributed by atoms with Crippen molar-refractivity contribution in [1.29, 1.82) is 0 Å². The summed E-state index contributed by atoms with van der Waals surface area (Å²) in [5, 5.41) is 16.7. The highest BCUT2D eigenvalue weighted by atomic mass is 19.3. The van der Waals surface area contributed by atoms with Crippen LogP contribution in [-0.2, 0) is 4.74 Å². The van der Waals surface area contributed by atoms with Gasteiger partial charge in [-0.2, -0.15) is 13.8 Å². The van der Waals surface area contributed by atoms with Gasteiger partial charge in [-0.15, -0.1) is 0 Å². The van der Waals surface area contributed by atoms with Crippen molar-refractivity contribution in [2.24, 2.45) is 0 Å². The summed E-state index contributed by atoms with van der Waals surface area (Å²) in [6.07, 6.45) is -4.27. The Kier molecular flexibility index (Phi) is 4.78. The monoisotopic (exact) mass is 371 g/mol. The summed E-state index contributed by atoms with van der Waals surface area (Å²) in [6.45, 7) is 3.42. The van der Waals surface area contributed by atoms with Gasteiger partial charge in [0.2, 0.25) is 6.23 Å². The van der Waals surface area contributed by atoms with Gasteiger partial charge in [-0.1, -0.05) is 5.16 Å². The number of ether oxygens (including phenoxy) is 1. The number of aliphatic hydroxyl groups excluding tert-OH is 1. The number of anilines is 1. The number of halogens is 2. The fourth-order valence-corrected chi connectivity index (χ4v) is 2.72. The Labute approximate surface area is 146 Å². The summed E-state index contributed by atoms with van der Waals surface area (Å²) in [5.41, 5.74) is 5.06. The lowest BCUT2D eigenvalue weighted by Crippen LogP contribution is -2.43. The molecule has 4 atom stereocenters. The highest BCUT2D eigenvalue weighted by Crippen LogP contribution is 2.42. The van der Waals surface area contributed by atoms with Gasteiger partial charge >= 0.3 is 11.6 Å². The van der Waals surface area contributed by atoms with E-state index in [9.17, 15) is 18.7 Å². The van der Waals surface area contributed by atoms with Gasteiger partial charge in [-0.05, 0) is 19.9 Å². The quantitative estimate of drug-likeness (QED) is 0.687. The number of aromatic nitrogens is 3. The number of nitrogens with zero attached hydrogens (tertiary/aromatic N) is 3. The van der Waals surface area contributed by atoms with Gasteiger partial charge in [-0.25, -0.2) is 4.79 Å². The van der Waals surface area contributed by atoms with Crippen molar-refractivity contribution < 1.29 is 23.1 Å². The third-order valence-corrected chi connectivity index (χ3v) is 4.18. The average Bonchev–Trinajstić information content (AvgIpc) is 3.09. The number of hydrogen-bond acceptors (Lipinski definition) is 8. The largest absolute Gasteiger partial charge is 0.384 e. The molecule has 0 saturated carbocycles. The number of alkyl halides is 2. The first kappa shape index (κ1) is 18.4. The molecule has 3 heterocycles. The minimum absolute atomic E-state index is 0.0919. The molecule has 142 valence electrons. The number of aliphatic hydroxyl groups is 1. The maximum Gasteiger partial charge on any atom is 0.351 e. The van der Waals surface area contributed by atoms with Crippen LogP contribution in [0.1, 0.15) is 30.6 Å². The van der Waals surface area contributed by atoms with Crippen LogP contribution in [-0.4, -0.2) is 44.5 Å². The second kappa shape index (κ2) is 6.74. The first-order valence-corrected chi connectivity index (χ1v) is 7.92. The zero-order valence-electron chi connectivity index (χ0n) is 14.1. The maximum absolute atomic E-state index is 14.4. The number of nitrogens with one attached hydrogen (secondary N) is 1. The smallest absolute Gasteiger partial charge is 0.351 e. The Morgan fingerprint density at radius 3 is 2.88 bits per heavy atom. The van der Waals surface area contributed by atoms with Gasteiger partial charge < -0.3 is 25.4 Å². The van der Waals surface area contributed by atoms with Gasteiger partial charge in [0.25, 0.3) is 0 Å². The molecule has 1 aliphatic heterocycles. The normalized spacial score (nSPS) is 26.1. The average molecular weight is 371 g/mol. The third-order valence-electron chi connectivity index (χ3n) is 4.18. The lowest BCUT2D eigenvalue weighted by molar-refractivity contribution is -0.140. The number of nitrogens with two attached hydrogens (primary N) is 1. The molecule has 1 unspecified atom stereocenters. The van der Waals surface area contributed by atoms with E-state index in [0.29, 0.717) is 16.0 Å². The molecule has 0 spiro atoms. The summed E-state index contributed by atoms with van der Waals surface area (Å²) in [5.74, 6) is -3.25. The van der Waals surface area contributed by atoms with Crippen LogP contribution in [0.2, 0.25) is 0 Å². The minimum Gasteiger partial charge on any atom is -0.384 e.